The lowest BCUT2D eigenvalue weighted by Gasteiger charge is -2.18. The van der Waals surface area contributed by atoms with E-state index in [9.17, 15) is 0 Å². The van der Waals surface area contributed by atoms with Gasteiger partial charge in [0.15, 0.2) is 0 Å². The first kappa shape index (κ1) is 16.0. The molecule has 0 aliphatic heterocycles. The topological polar surface area (TPSA) is 47.3 Å². The molecule has 0 aromatic heterocycles. The molecular weight excluding hydrogens is 328 g/mol. The second-order valence-electron chi connectivity index (χ2n) is 5.21. The molecule has 0 saturated carbocycles. The molecule has 0 saturated heterocycles. The smallest absolute Gasteiger partial charge is 0.122 e. The first-order valence-electron chi connectivity index (χ1n) is 6.96. The fourth-order valence-corrected chi connectivity index (χ4v) is 2.69. The van der Waals surface area contributed by atoms with Gasteiger partial charge in [0.1, 0.15) is 5.75 Å². The van der Waals surface area contributed by atoms with E-state index >= 15 is 0 Å². The fraction of sp³-hybridized carbons (Fsp3) is 0.294. The minimum Gasteiger partial charge on any atom is -0.496 e. The van der Waals surface area contributed by atoms with Crippen molar-refractivity contribution in [3.63, 3.8) is 0 Å². The molecule has 0 amide bonds. The van der Waals surface area contributed by atoms with Crippen LogP contribution in [0.4, 0.5) is 0 Å². The summed E-state index contributed by atoms with van der Waals surface area (Å²) in [6.07, 6.45) is 1.71. The Morgan fingerprint density at radius 3 is 2.48 bits per heavy atom. The van der Waals surface area contributed by atoms with E-state index in [1.54, 1.807) is 7.11 Å². The van der Waals surface area contributed by atoms with Crippen molar-refractivity contribution >= 4 is 15.9 Å². The zero-order chi connectivity index (χ0) is 15.2. The van der Waals surface area contributed by atoms with Crippen LogP contribution in [0.25, 0.3) is 0 Å². The van der Waals surface area contributed by atoms with E-state index in [0.29, 0.717) is 0 Å². The van der Waals surface area contributed by atoms with Crippen LogP contribution in [-0.2, 0) is 12.8 Å². The molecule has 112 valence electrons. The van der Waals surface area contributed by atoms with Crippen LogP contribution in [0.3, 0.4) is 0 Å². The SMILES string of the molecule is COc1ccc(C)cc1CC(Cc1ccc(Br)cc1)NN. The molecule has 0 heterocycles. The average molecular weight is 349 g/mol. The van der Waals surface area contributed by atoms with Crippen molar-refractivity contribution in [2.24, 2.45) is 5.84 Å². The third kappa shape index (κ3) is 4.56. The summed E-state index contributed by atoms with van der Waals surface area (Å²) in [6.45, 7) is 2.09. The summed E-state index contributed by atoms with van der Waals surface area (Å²) in [5, 5.41) is 0. The van der Waals surface area contributed by atoms with Crippen molar-refractivity contribution in [2.45, 2.75) is 25.8 Å². The van der Waals surface area contributed by atoms with Crippen LogP contribution >= 0.6 is 15.9 Å². The molecule has 0 spiro atoms. The highest BCUT2D eigenvalue weighted by Crippen LogP contribution is 2.22. The molecule has 1 unspecified atom stereocenters. The number of methoxy groups -OCH3 is 1. The monoisotopic (exact) mass is 348 g/mol. The molecule has 2 aromatic carbocycles. The number of nitrogens with two attached hydrogens (primary N) is 1. The minimum atomic E-state index is 0.168. The Balaban J connectivity index is 2.11. The Morgan fingerprint density at radius 1 is 1.14 bits per heavy atom. The van der Waals surface area contributed by atoms with Gasteiger partial charge in [0.05, 0.1) is 7.11 Å². The van der Waals surface area contributed by atoms with Crippen LogP contribution in [0, 0.1) is 6.92 Å². The molecule has 2 aromatic rings. The van der Waals surface area contributed by atoms with Crippen LogP contribution in [-0.4, -0.2) is 13.2 Å². The van der Waals surface area contributed by atoms with Crippen LogP contribution in [0.1, 0.15) is 16.7 Å². The fourth-order valence-electron chi connectivity index (χ4n) is 2.43. The standard InChI is InChI=1S/C17H21BrN2O/c1-12-3-8-17(21-2)14(9-12)11-16(20-19)10-13-4-6-15(18)7-5-13/h3-9,16,20H,10-11,19H2,1-2H3. The number of nitrogens with one attached hydrogen (secondary N) is 1. The third-order valence-electron chi connectivity index (χ3n) is 3.53. The normalized spacial score (nSPS) is 12.2. The van der Waals surface area contributed by atoms with Crippen molar-refractivity contribution in [3.05, 3.63) is 63.6 Å². The van der Waals surface area contributed by atoms with Crippen molar-refractivity contribution in [1.29, 1.82) is 0 Å². The quantitative estimate of drug-likeness (QED) is 0.621. The first-order chi connectivity index (χ1) is 10.1. The van der Waals surface area contributed by atoms with E-state index in [2.05, 4.69) is 64.7 Å². The predicted molar refractivity (Wildman–Crippen MR) is 90.4 cm³/mol. The van der Waals surface area contributed by atoms with Crippen molar-refractivity contribution in [2.75, 3.05) is 7.11 Å². The molecule has 3 nitrogen and oxygen atoms in total. The third-order valence-corrected chi connectivity index (χ3v) is 4.06. The van der Waals surface area contributed by atoms with Gasteiger partial charge in [0.2, 0.25) is 0 Å². The number of hydrogen-bond acceptors (Lipinski definition) is 3. The van der Waals surface area contributed by atoms with Gasteiger partial charge in [-0.2, -0.15) is 0 Å². The maximum Gasteiger partial charge on any atom is 0.122 e. The Hall–Kier alpha value is -1.36. The zero-order valence-corrected chi connectivity index (χ0v) is 14.0. The lowest BCUT2D eigenvalue weighted by Crippen LogP contribution is -2.38. The van der Waals surface area contributed by atoms with Gasteiger partial charge in [0, 0.05) is 10.5 Å². The van der Waals surface area contributed by atoms with Crippen LogP contribution in [0.5, 0.6) is 5.75 Å². The summed E-state index contributed by atoms with van der Waals surface area (Å²) < 4.78 is 6.52. The number of benzene rings is 2. The number of ether oxygens (including phenoxy) is 1. The average Bonchev–Trinajstić information content (AvgIpc) is 2.49. The van der Waals surface area contributed by atoms with Gasteiger partial charge in [-0.1, -0.05) is 45.8 Å². The van der Waals surface area contributed by atoms with E-state index in [1.165, 1.54) is 16.7 Å². The molecule has 0 bridgehead atoms. The Morgan fingerprint density at radius 2 is 1.86 bits per heavy atom. The van der Waals surface area contributed by atoms with Crippen molar-refractivity contribution in [1.82, 2.24) is 5.43 Å². The highest BCUT2D eigenvalue weighted by molar-refractivity contribution is 9.10. The van der Waals surface area contributed by atoms with Gasteiger partial charge in [-0.05, 0) is 49.1 Å². The van der Waals surface area contributed by atoms with Crippen LogP contribution in [0.2, 0.25) is 0 Å². The number of hydrazine groups is 1. The molecule has 0 fully saturated rings. The van der Waals surface area contributed by atoms with Crippen molar-refractivity contribution < 1.29 is 4.74 Å². The second kappa shape index (κ2) is 7.59. The maximum absolute atomic E-state index is 5.73. The van der Waals surface area contributed by atoms with Gasteiger partial charge in [-0.15, -0.1) is 0 Å². The lowest BCUT2D eigenvalue weighted by atomic mass is 9.98. The summed E-state index contributed by atoms with van der Waals surface area (Å²) >= 11 is 3.45. The lowest BCUT2D eigenvalue weighted by molar-refractivity contribution is 0.404. The molecule has 3 N–H and O–H groups in total. The Labute approximate surface area is 134 Å². The predicted octanol–water partition coefficient (Wildman–Crippen LogP) is 3.38. The molecule has 0 aliphatic rings. The summed E-state index contributed by atoms with van der Waals surface area (Å²) in [7, 11) is 1.70. The van der Waals surface area contributed by atoms with Gasteiger partial charge >= 0.3 is 0 Å². The summed E-state index contributed by atoms with van der Waals surface area (Å²) in [4.78, 5) is 0. The molecule has 2 rings (SSSR count). The van der Waals surface area contributed by atoms with Crippen molar-refractivity contribution in [3.8, 4) is 5.75 Å². The Bertz CT molecular complexity index is 584. The molecule has 0 aliphatic carbocycles. The van der Waals surface area contributed by atoms with Gasteiger partial charge in [0.25, 0.3) is 0 Å². The first-order valence-corrected chi connectivity index (χ1v) is 7.75. The van der Waals surface area contributed by atoms with E-state index in [4.69, 9.17) is 10.6 Å². The van der Waals surface area contributed by atoms with Gasteiger partial charge < -0.3 is 4.74 Å². The number of rotatable bonds is 6. The maximum atomic E-state index is 5.73. The Kier molecular flexibility index (Phi) is 5.79. The largest absolute Gasteiger partial charge is 0.496 e. The highest BCUT2D eigenvalue weighted by atomic mass is 79.9. The molecule has 4 heteroatoms. The van der Waals surface area contributed by atoms with E-state index in [1.807, 2.05) is 6.07 Å². The number of hydrogen-bond donors (Lipinski definition) is 2. The number of halogens is 1. The van der Waals surface area contributed by atoms with Crippen LogP contribution in [0.15, 0.2) is 46.9 Å². The summed E-state index contributed by atoms with van der Waals surface area (Å²) in [5.41, 5.74) is 6.58. The summed E-state index contributed by atoms with van der Waals surface area (Å²) in [5.74, 6) is 6.64. The number of aryl methyl sites for hydroxylation is 1. The van der Waals surface area contributed by atoms with E-state index < -0.39 is 0 Å². The van der Waals surface area contributed by atoms with Gasteiger partial charge in [-0.3, -0.25) is 11.3 Å². The highest BCUT2D eigenvalue weighted by Gasteiger charge is 2.12. The molecule has 1 atom stereocenters. The van der Waals surface area contributed by atoms with E-state index in [0.717, 1.165) is 23.1 Å². The minimum absolute atomic E-state index is 0.168. The zero-order valence-electron chi connectivity index (χ0n) is 12.4. The summed E-state index contributed by atoms with van der Waals surface area (Å²) in [6, 6.07) is 14.7. The van der Waals surface area contributed by atoms with E-state index in [-0.39, 0.29) is 6.04 Å². The van der Waals surface area contributed by atoms with Gasteiger partial charge in [-0.25, -0.2) is 0 Å². The van der Waals surface area contributed by atoms with Crippen LogP contribution < -0.4 is 16.0 Å². The molecule has 0 radical (unpaired) electrons. The molecular formula is C17H21BrN2O. The molecule has 21 heavy (non-hydrogen) atoms. The second-order valence-corrected chi connectivity index (χ2v) is 6.13.